The van der Waals surface area contributed by atoms with Gasteiger partial charge in [-0.2, -0.15) is 0 Å². The van der Waals surface area contributed by atoms with Crippen LogP contribution in [0.4, 0.5) is 5.69 Å². The molecule has 0 bridgehead atoms. The van der Waals surface area contributed by atoms with Crippen molar-refractivity contribution >= 4 is 17.6 Å². The molecule has 2 atom stereocenters. The van der Waals surface area contributed by atoms with E-state index in [9.17, 15) is 14.7 Å². The number of hydrogen-bond acceptors (Lipinski definition) is 8. The van der Waals surface area contributed by atoms with Crippen molar-refractivity contribution in [2.75, 3.05) is 32.3 Å². The third-order valence-electron chi connectivity index (χ3n) is 6.28. The highest BCUT2D eigenvalue weighted by molar-refractivity contribution is 6.07. The first kappa shape index (κ1) is 26.4. The number of esters is 1. The second-order valence-corrected chi connectivity index (χ2v) is 8.59. The topological polar surface area (TPSA) is 127 Å². The van der Waals surface area contributed by atoms with Crippen molar-refractivity contribution < 1.29 is 29.3 Å². The number of fused-ring (bicyclic) bond motifs is 1. The van der Waals surface area contributed by atoms with Crippen LogP contribution in [0.3, 0.4) is 0 Å². The van der Waals surface area contributed by atoms with Gasteiger partial charge in [-0.3, -0.25) is 14.3 Å². The van der Waals surface area contributed by atoms with Crippen molar-refractivity contribution in [2.24, 2.45) is 5.92 Å². The van der Waals surface area contributed by atoms with Crippen LogP contribution in [-0.4, -0.2) is 64.5 Å². The summed E-state index contributed by atoms with van der Waals surface area (Å²) in [5.74, 6) is -0.611. The van der Waals surface area contributed by atoms with E-state index in [1.807, 2.05) is 19.1 Å². The van der Waals surface area contributed by atoms with Crippen LogP contribution in [0.1, 0.15) is 43.9 Å². The molecule has 1 aliphatic rings. The molecule has 3 rings (SSSR count). The maximum absolute atomic E-state index is 13.5. The lowest BCUT2D eigenvalue weighted by Gasteiger charge is -2.27. The van der Waals surface area contributed by atoms with Crippen LogP contribution < -0.4 is 9.64 Å². The van der Waals surface area contributed by atoms with Gasteiger partial charge in [0.1, 0.15) is 5.75 Å². The number of hydrogen-bond donors (Lipinski definition) is 2. The summed E-state index contributed by atoms with van der Waals surface area (Å²) in [6.45, 7) is 2.81. The van der Waals surface area contributed by atoms with Crippen LogP contribution in [0, 0.1) is 5.92 Å². The second kappa shape index (κ2) is 11.9. The first-order valence-electron chi connectivity index (χ1n) is 11.8. The molecular formula is C25H34N4O6. The Labute approximate surface area is 205 Å². The maximum Gasteiger partial charge on any atom is 0.305 e. The van der Waals surface area contributed by atoms with Gasteiger partial charge in [-0.15, -0.1) is 5.10 Å². The smallest absolute Gasteiger partial charge is 0.305 e. The van der Waals surface area contributed by atoms with Gasteiger partial charge in [0.05, 0.1) is 25.6 Å². The fourth-order valence-electron chi connectivity index (χ4n) is 4.24. The Morgan fingerprint density at radius 3 is 2.77 bits per heavy atom. The van der Waals surface area contributed by atoms with Crippen LogP contribution in [0.5, 0.6) is 5.75 Å². The van der Waals surface area contributed by atoms with Crippen LogP contribution in [0.25, 0.3) is 0 Å². The van der Waals surface area contributed by atoms with Crippen molar-refractivity contribution in [3.63, 3.8) is 0 Å². The van der Waals surface area contributed by atoms with E-state index >= 15 is 0 Å². The summed E-state index contributed by atoms with van der Waals surface area (Å²) >= 11 is 0. The van der Waals surface area contributed by atoms with Gasteiger partial charge in [0.15, 0.2) is 5.60 Å². The molecule has 0 saturated carbocycles. The zero-order valence-electron chi connectivity index (χ0n) is 20.5. The SMILES string of the molecule is COC(=O)CCCCN1C(=O)[C@@](O)([C@@H](C)/C=C/CCn2cc(CCO)nn2)c2cc(OC)ccc21. The molecule has 35 heavy (non-hydrogen) atoms. The van der Waals surface area contributed by atoms with Crippen molar-refractivity contribution in [1.29, 1.82) is 0 Å². The molecule has 2 heterocycles. The van der Waals surface area contributed by atoms with Gasteiger partial charge in [-0.05, 0) is 37.5 Å². The molecule has 2 N–H and O–H groups in total. The number of anilines is 1. The van der Waals surface area contributed by atoms with Crippen LogP contribution in [0.2, 0.25) is 0 Å². The fourth-order valence-corrected chi connectivity index (χ4v) is 4.24. The molecule has 0 saturated heterocycles. The number of unbranched alkanes of at least 4 members (excludes halogenated alkanes) is 1. The zero-order valence-corrected chi connectivity index (χ0v) is 20.5. The number of ether oxygens (including phenoxy) is 2. The minimum absolute atomic E-state index is 0.0251. The number of carbonyl (C=O) groups excluding carboxylic acids is 2. The molecule has 0 aliphatic carbocycles. The Kier molecular flexibility index (Phi) is 9.00. The van der Waals surface area contributed by atoms with Crippen LogP contribution in [-0.2, 0) is 32.9 Å². The molecule has 1 aliphatic heterocycles. The zero-order chi connectivity index (χ0) is 25.4. The highest BCUT2D eigenvalue weighted by atomic mass is 16.5. The summed E-state index contributed by atoms with van der Waals surface area (Å²) in [6.07, 6.45) is 8.12. The lowest BCUT2D eigenvalue weighted by atomic mass is 9.83. The van der Waals surface area contributed by atoms with Crippen molar-refractivity contribution in [1.82, 2.24) is 15.0 Å². The predicted molar refractivity (Wildman–Crippen MR) is 129 cm³/mol. The molecule has 10 nitrogen and oxygen atoms in total. The number of aliphatic hydroxyl groups excluding tert-OH is 1. The largest absolute Gasteiger partial charge is 0.497 e. The second-order valence-electron chi connectivity index (χ2n) is 8.59. The van der Waals surface area contributed by atoms with Gasteiger partial charge in [0.25, 0.3) is 5.91 Å². The number of aromatic nitrogens is 3. The highest BCUT2D eigenvalue weighted by Gasteiger charge is 2.52. The maximum atomic E-state index is 13.5. The Balaban J connectivity index is 1.71. The van der Waals surface area contributed by atoms with E-state index in [2.05, 4.69) is 15.0 Å². The number of nitrogens with zero attached hydrogens (tertiary/aromatic N) is 4. The molecular weight excluding hydrogens is 452 g/mol. The van der Waals surface area contributed by atoms with E-state index in [4.69, 9.17) is 9.84 Å². The number of rotatable bonds is 13. The van der Waals surface area contributed by atoms with Crippen LogP contribution >= 0.6 is 0 Å². The number of methoxy groups -OCH3 is 2. The average Bonchev–Trinajstić information content (AvgIpc) is 3.40. The highest BCUT2D eigenvalue weighted by Crippen LogP contribution is 2.46. The molecule has 10 heteroatoms. The molecule has 1 amide bonds. The summed E-state index contributed by atoms with van der Waals surface area (Å²) in [4.78, 5) is 26.5. The molecule has 0 unspecified atom stereocenters. The number of aliphatic hydroxyl groups is 2. The van der Waals surface area contributed by atoms with Crippen molar-refractivity contribution in [3.05, 3.63) is 47.8 Å². The monoisotopic (exact) mass is 486 g/mol. The van der Waals surface area contributed by atoms with Gasteiger partial charge in [0.2, 0.25) is 0 Å². The van der Waals surface area contributed by atoms with E-state index in [1.54, 1.807) is 41.1 Å². The molecule has 2 aromatic rings. The first-order chi connectivity index (χ1) is 16.8. The van der Waals surface area contributed by atoms with Crippen molar-refractivity contribution in [3.8, 4) is 5.75 Å². The minimum Gasteiger partial charge on any atom is -0.497 e. The predicted octanol–water partition coefficient (Wildman–Crippen LogP) is 1.98. The van der Waals surface area contributed by atoms with E-state index in [-0.39, 0.29) is 24.9 Å². The quantitative estimate of drug-likeness (QED) is 0.250. The third-order valence-corrected chi connectivity index (χ3v) is 6.28. The van der Waals surface area contributed by atoms with Gasteiger partial charge in [-0.25, -0.2) is 0 Å². The third kappa shape index (κ3) is 5.88. The molecule has 0 spiro atoms. The lowest BCUT2D eigenvalue weighted by molar-refractivity contribution is -0.140. The summed E-state index contributed by atoms with van der Waals surface area (Å²) in [5, 5.41) is 28.7. The standard InChI is InChI=1S/C25H34N4O6/c1-18(8-4-6-13-28-17-19(12-15-30)26-27-28)25(33)21-16-20(34-2)10-11-22(21)29(24(25)32)14-7-5-9-23(31)35-3/h4,8,10-11,16-18,30,33H,5-7,9,12-15H2,1-3H3/b8-4+/t18-,25+/m0/s1. The van der Waals surface area contributed by atoms with Gasteiger partial charge in [0, 0.05) is 50.2 Å². The molecule has 1 aromatic carbocycles. The number of allylic oxidation sites excluding steroid dienone is 1. The lowest BCUT2D eigenvalue weighted by Crippen LogP contribution is -2.44. The summed E-state index contributed by atoms with van der Waals surface area (Å²) in [7, 11) is 2.90. The summed E-state index contributed by atoms with van der Waals surface area (Å²) in [5.41, 5.74) is 0.157. The van der Waals surface area contributed by atoms with Crippen molar-refractivity contribution in [2.45, 2.75) is 51.2 Å². The Morgan fingerprint density at radius 1 is 1.26 bits per heavy atom. The normalized spacial score (nSPS) is 18.2. The van der Waals surface area contributed by atoms with Gasteiger partial charge >= 0.3 is 5.97 Å². The van der Waals surface area contributed by atoms with E-state index in [0.717, 1.165) is 5.69 Å². The molecule has 0 fully saturated rings. The Bertz CT molecular complexity index is 1050. The van der Waals surface area contributed by atoms with E-state index < -0.39 is 11.5 Å². The Hall–Kier alpha value is -3.24. The van der Waals surface area contributed by atoms with Crippen LogP contribution in [0.15, 0.2) is 36.5 Å². The summed E-state index contributed by atoms with van der Waals surface area (Å²) < 4.78 is 11.7. The number of carbonyl (C=O) groups is 2. The first-order valence-corrected chi connectivity index (χ1v) is 11.8. The molecule has 190 valence electrons. The van der Waals surface area contributed by atoms with E-state index in [0.29, 0.717) is 55.8 Å². The number of benzene rings is 1. The Morgan fingerprint density at radius 2 is 2.06 bits per heavy atom. The molecule has 1 aromatic heterocycles. The van der Waals surface area contributed by atoms with Gasteiger partial charge < -0.3 is 24.6 Å². The van der Waals surface area contributed by atoms with E-state index in [1.165, 1.54) is 7.11 Å². The minimum atomic E-state index is -1.73. The number of aryl methyl sites for hydroxylation is 1. The van der Waals surface area contributed by atoms with Gasteiger partial charge in [-0.1, -0.05) is 24.3 Å². The fraction of sp³-hybridized carbons (Fsp3) is 0.520. The summed E-state index contributed by atoms with van der Waals surface area (Å²) in [6, 6.07) is 5.27. The average molecular weight is 487 g/mol. The number of amides is 1. The molecule has 0 radical (unpaired) electrons.